The van der Waals surface area contributed by atoms with Gasteiger partial charge in [-0.25, -0.2) is 5.84 Å². The van der Waals surface area contributed by atoms with Crippen LogP contribution >= 0.6 is 0 Å². The first-order valence-corrected chi connectivity index (χ1v) is 6.17. The zero-order valence-corrected chi connectivity index (χ0v) is 11.5. The SMILES string of the molecule is CCOc1nc(NN)nc(N(C)CC(C)CC)n1. The van der Waals surface area contributed by atoms with E-state index >= 15 is 0 Å². The lowest BCUT2D eigenvalue weighted by Crippen LogP contribution is -2.26. The summed E-state index contributed by atoms with van der Waals surface area (Å²) >= 11 is 0. The lowest BCUT2D eigenvalue weighted by Gasteiger charge is -2.21. The largest absolute Gasteiger partial charge is 0.464 e. The molecule has 1 aromatic heterocycles. The number of anilines is 2. The number of nitrogens with two attached hydrogens (primary N) is 1. The number of nitrogens with one attached hydrogen (secondary N) is 1. The third kappa shape index (κ3) is 3.99. The van der Waals surface area contributed by atoms with E-state index in [9.17, 15) is 0 Å². The summed E-state index contributed by atoms with van der Waals surface area (Å²) in [6, 6.07) is 0.284. The molecule has 0 fully saturated rings. The maximum Gasteiger partial charge on any atom is 0.323 e. The maximum absolute atomic E-state index is 5.33. The molecule has 7 nitrogen and oxygen atoms in total. The number of rotatable bonds is 7. The Bertz CT molecular complexity index is 373. The molecule has 0 aliphatic rings. The maximum atomic E-state index is 5.33. The molecule has 0 radical (unpaired) electrons. The summed E-state index contributed by atoms with van der Waals surface area (Å²) in [5.41, 5.74) is 2.42. The van der Waals surface area contributed by atoms with E-state index in [-0.39, 0.29) is 6.01 Å². The topological polar surface area (TPSA) is 89.2 Å². The molecule has 18 heavy (non-hydrogen) atoms. The molecule has 1 unspecified atom stereocenters. The lowest BCUT2D eigenvalue weighted by atomic mass is 10.1. The number of hydrogen-bond acceptors (Lipinski definition) is 7. The first-order chi connectivity index (χ1) is 8.60. The second-order valence-corrected chi connectivity index (χ2v) is 4.21. The van der Waals surface area contributed by atoms with Crippen LogP contribution in [0, 0.1) is 5.92 Å². The molecule has 0 spiro atoms. The second-order valence-electron chi connectivity index (χ2n) is 4.21. The Hall–Kier alpha value is -1.63. The molecule has 1 rings (SSSR count). The van der Waals surface area contributed by atoms with Gasteiger partial charge < -0.3 is 9.64 Å². The van der Waals surface area contributed by atoms with Crippen molar-refractivity contribution in [1.29, 1.82) is 0 Å². The van der Waals surface area contributed by atoms with Gasteiger partial charge in [-0.3, -0.25) is 5.43 Å². The van der Waals surface area contributed by atoms with Crippen LogP contribution in [0.1, 0.15) is 27.2 Å². The monoisotopic (exact) mass is 254 g/mol. The zero-order chi connectivity index (χ0) is 13.5. The Labute approximate surface area is 108 Å². The highest BCUT2D eigenvalue weighted by Gasteiger charge is 2.12. The lowest BCUT2D eigenvalue weighted by molar-refractivity contribution is 0.312. The molecule has 102 valence electrons. The van der Waals surface area contributed by atoms with Crippen molar-refractivity contribution in [3.05, 3.63) is 0 Å². The van der Waals surface area contributed by atoms with Gasteiger partial charge in [0.15, 0.2) is 0 Å². The summed E-state index contributed by atoms with van der Waals surface area (Å²) in [6.45, 7) is 7.59. The van der Waals surface area contributed by atoms with Crippen molar-refractivity contribution >= 4 is 11.9 Å². The number of nitrogens with zero attached hydrogens (tertiary/aromatic N) is 4. The minimum Gasteiger partial charge on any atom is -0.464 e. The van der Waals surface area contributed by atoms with Gasteiger partial charge in [0.05, 0.1) is 6.61 Å². The highest BCUT2D eigenvalue weighted by Crippen LogP contribution is 2.15. The van der Waals surface area contributed by atoms with Crippen LogP contribution in [0.5, 0.6) is 6.01 Å². The molecule has 7 heteroatoms. The molecule has 0 aliphatic heterocycles. The number of hydrogen-bond donors (Lipinski definition) is 2. The van der Waals surface area contributed by atoms with Crippen molar-refractivity contribution in [1.82, 2.24) is 15.0 Å². The predicted octanol–water partition coefficient (Wildman–Crippen LogP) is 1.04. The van der Waals surface area contributed by atoms with E-state index in [4.69, 9.17) is 10.6 Å². The van der Waals surface area contributed by atoms with Gasteiger partial charge in [-0.2, -0.15) is 15.0 Å². The second kappa shape index (κ2) is 6.95. The van der Waals surface area contributed by atoms with Gasteiger partial charge in [0.2, 0.25) is 11.9 Å². The fourth-order valence-corrected chi connectivity index (χ4v) is 1.45. The van der Waals surface area contributed by atoms with Gasteiger partial charge in [-0.1, -0.05) is 20.3 Å². The highest BCUT2D eigenvalue weighted by molar-refractivity contribution is 5.36. The van der Waals surface area contributed by atoms with Crippen molar-refractivity contribution in [3.8, 4) is 6.01 Å². The van der Waals surface area contributed by atoms with Crippen LogP contribution in [-0.2, 0) is 0 Å². The predicted molar refractivity (Wildman–Crippen MR) is 71.5 cm³/mol. The normalized spacial score (nSPS) is 12.1. The highest BCUT2D eigenvalue weighted by atomic mass is 16.5. The molecule has 0 bridgehead atoms. The number of nitrogen functional groups attached to an aromatic ring is 1. The van der Waals surface area contributed by atoms with E-state index in [1.807, 2.05) is 18.9 Å². The van der Waals surface area contributed by atoms with Crippen molar-refractivity contribution in [3.63, 3.8) is 0 Å². The van der Waals surface area contributed by atoms with E-state index < -0.39 is 0 Å². The summed E-state index contributed by atoms with van der Waals surface area (Å²) in [5, 5.41) is 0. The van der Waals surface area contributed by atoms with Gasteiger partial charge in [0.1, 0.15) is 0 Å². The minimum atomic E-state index is 0.284. The number of ether oxygens (including phenoxy) is 1. The summed E-state index contributed by atoms with van der Waals surface area (Å²) in [6.07, 6.45) is 1.11. The van der Waals surface area contributed by atoms with Crippen LogP contribution in [0.25, 0.3) is 0 Å². The number of aromatic nitrogens is 3. The van der Waals surface area contributed by atoms with Crippen LogP contribution in [0.15, 0.2) is 0 Å². The molecule has 0 saturated heterocycles. The Morgan fingerprint density at radius 3 is 2.61 bits per heavy atom. The average molecular weight is 254 g/mol. The Kier molecular flexibility index (Phi) is 5.57. The van der Waals surface area contributed by atoms with Crippen LogP contribution in [0.2, 0.25) is 0 Å². The summed E-state index contributed by atoms with van der Waals surface area (Å²) < 4.78 is 5.29. The van der Waals surface area contributed by atoms with Gasteiger partial charge in [-0.05, 0) is 12.8 Å². The number of hydrazine groups is 1. The quantitative estimate of drug-likeness (QED) is 0.555. The van der Waals surface area contributed by atoms with E-state index in [0.717, 1.165) is 13.0 Å². The molecule has 1 heterocycles. The van der Waals surface area contributed by atoms with Gasteiger partial charge in [-0.15, -0.1) is 0 Å². The molecular weight excluding hydrogens is 232 g/mol. The van der Waals surface area contributed by atoms with Crippen molar-refractivity contribution in [2.45, 2.75) is 27.2 Å². The summed E-state index contributed by atoms with van der Waals surface area (Å²) in [5.74, 6) is 6.76. The Morgan fingerprint density at radius 1 is 1.33 bits per heavy atom. The van der Waals surface area contributed by atoms with Gasteiger partial charge in [0, 0.05) is 13.6 Å². The Balaban J connectivity index is 2.88. The third-order valence-corrected chi connectivity index (χ3v) is 2.63. The first kappa shape index (κ1) is 14.4. The molecular formula is C11H22N6O. The molecule has 0 aromatic carbocycles. The molecule has 0 aliphatic carbocycles. The van der Waals surface area contributed by atoms with E-state index in [1.165, 1.54) is 0 Å². The average Bonchev–Trinajstić information content (AvgIpc) is 2.38. The van der Waals surface area contributed by atoms with E-state index in [2.05, 4.69) is 34.2 Å². The smallest absolute Gasteiger partial charge is 0.323 e. The summed E-state index contributed by atoms with van der Waals surface area (Å²) in [4.78, 5) is 14.4. The molecule has 3 N–H and O–H groups in total. The standard InChI is InChI=1S/C11H22N6O/c1-5-8(3)7-17(4)10-13-9(16-12)14-11(15-10)18-6-2/h8H,5-7,12H2,1-4H3,(H,13,14,15,16). The van der Waals surface area contributed by atoms with Gasteiger partial charge >= 0.3 is 6.01 Å². The fourth-order valence-electron chi connectivity index (χ4n) is 1.45. The van der Waals surface area contributed by atoms with Crippen LogP contribution in [0.4, 0.5) is 11.9 Å². The minimum absolute atomic E-state index is 0.284. The summed E-state index contributed by atoms with van der Waals surface area (Å²) in [7, 11) is 1.94. The third-order valence-electron chi connectivity index (χ3n) is 2.63. The van der Waals surface area contributed by atoms with Gasteiger partial charge in [0.25, 0.3) is 0 Å². The molecule has 0 saturated carbocycles. The van der Waals surface area contributed by atoms with E-state index in [0.29, 0.717) is 24.4 Å². The molecule has 1 aromatic rings. The Morgan fingerprint density at radius 2 is 2.06 bits per heavy atom. The van der Waals surface area contributed by atoms with Crippen molar-refractivity contribution in [2.24, 2.45) is 11.8 Å². The van der Waals surface area contributed by atoms with Crippen molar-refractivity contribution in [2.75, 3.05) is 30.5 Å². The molecule has 1 atom stereocenters. The van der Waals surface area contributed by atoms with E-state index in [1.54, 1.807) is 0 Å². The van der Waals surface area contributed by atoms with Crippen LogP contribution in [-0.4, -0.2) is 35.2 Å². The molecule has 0 amide bonds. The van der Waals surface area contributed by atoms with Crippen LogP contribution in [0.3, 0.4) is 0 Å². The fraction of sp³-hybridized carbons (Fsp3) is 0.727. The van der Waals surface area contributed by atoms with Crippen molar-refractivity contribution < 1.29 is 4.74 Å². The first-order valence-electron chi connectivity index (χ1n) is 6.17. The van der Waals surface area contributed by atoms with Crippen LogP contribution < -0.4 is 20.9 Å². The zero-order valence-electron chi connectivity index (χ0n) is 11.5.